The molecule has 0 radical (unpaired) electrons. The predicted molar refractivity (Wildman–Crippen MR) is 62.2 cm³/mol. The lowest BCUT2D eigenvalue weighted by Crippen LogP contribution is -2.38. The van der Waals surface area contributed by atoms with E-state index in [1.165, 1.54) is 12.3 Å². The second kappa shape index (κ2) is 5.97. The lowest BCUT2D eigenvalue weighted by molar-refractivity contribution is -0.149. The third-order valence-electron chi connectivity index (χ3n) is 2.23. The molecule has 1 heterocycles. The smallest absolute Gasteiger partial charge is 0.336 e. The number of rotatable bonds is 4. The molecule has 0 aliphatic carbocycles. The number of aryl methyl sites for hydroxylation is 1. The molecule has 98 valence electrons. The molecule has 18 heavy (non-hydrogen) atoms. The molecule has 0 saturated carbocycles. The van der Waals surface area contributed by atoms with Crippen LogP contribution in [0.3, 0.4) is 0 Å². The standard InChI is InChI=1S/C11H14N2O5/c1-6-3-8(14)7(4-12-6)10(16)13-5-9(15)11(17)18-2/h3-4,9,15H,5H2,1-2H3,(H,12,14)(H,13,16). The number of aliphatic hydroxyl groups excluding tert-OH is 1. The Morgan fingerprint density at radius 3 is 2.78 bits per heavy atom. The molecule has 0 bridgehead atoms. The van der Waals surface area contributed by atoms with Crippen molar-refractivity contribution in [3.63, 3.8) is 0 Å². The zero-order valence-corrected chi connectivity index (χ0v) is 10.0. The quantitative estimate of drug-likeness (QED) is 0.594. The fourth-order valence-corrected chi connectivity index (χ4v) is 1.25. The Balaban J connectivity index is 2.66. The van der Waals surface area contributed by atoms with E-state index in [4.69, 9.17) is 0 Å². The van der Waals surface area contributed by atoms with Gasteiger partial charge in [0, 0.05) is 18.0 Å². The zero-order chi connectivity index (χ0) is 13.7. The van der Waals surface area contributed by atoms with E-state index >= 15 is 0 Å². The van der Waals surface area contributed by atoms with Gasteiger partial charge in [-0.05, 0) is 6.92 Å². The van der Waals surface area contributed by atoms with Crippen LogP contribution in [0, 0.1) is 6.92 Å². The van der Waals surface area contributed by atoms with Gasteiger partial charge in [0.25, 0.3) is 5.91 Å². The van der Waals surface area contributed by atoms with Gasteiger partial charge in [-0.25, -0.2) is 4.79 Å². The topological polar surface area (TPSA) is 108 Å². The van der Waals surface area contributed by atoms with E-state index in [1.54, 1.807) is 6.92 Å². The van der Waals surface area contributed by atoms with Gasteiger partial charge in [0.2, 0.25) is 0 Å². The summed E-state index contributed by atoms with van der Waals surface area (Å²) < 4.78 is 4.28. The molecule has 3 N–H and O–H groups in total. The van der Waals surface area contributed by atoms with Crippen molar-refractivity contribution in [3.05, 3.63) is 33.7 Å². The number of aliphatic hydroxyl groups is 1. The fourth-order valence-electron chi connectivity index (χ4n) is 1.25. The Bertz CT molecular complexity index is 508. The summed E-state index contributed by atoms with van der Waals surface area (Å²) in [5, 5.41) is 11.5. The first kappa shape index (κ1) is 13.9. The van der Waals surface area contributed by atoms with E-state index in [2.05, 4.69) is 15.0 Å². The lowest BCUT2D eigenvalue weighted by atomic mass is 10.2. The molecule has 7 nitrogen and oxygen atoms in total. The highest BCUT2D eigenvalue weighted by Crippen LogP contribution is 1.93. The average Bonchev–Trinajstić information content (AvgIpc) is 2.34. The van der Waals surface area contributed by atoms with Crippen LogP contribution in [0.15, 0.2) is 17.1 Å². The Morgan fingerprint density at radius 1 is 1.56 bits per heavy atom. The molecule has 0 aromatic carbocycles. The van der Waals surface area contributed by atoms with Crippen molar-refractivity contribution < 1.29 is 19.4 Å². The number of carbonyl (C=O) groups excluding carboxylic acids is 2. The van der Waals surface area contributed by atoms with Crippen LogP contribution in [0.1, 0.15) is 16.1 Å². The van der Waals surface area contributed by atoms with E-state index in [1.807, 2.05) is 0 Å². The molecular formula is C11H14N2O5. The molecule has 1 unspecified atom stereocenters. The molecule has 0 fully saturated rings. The number of hydrogen-bond donors (Lipinski definition) is 3. The van der Waals surface area contributed by atoms with E-state index in [0.717, 1.165) is 7.11 Å². The van der Waals surface area contributed by atoms with Gasteiger partial charge in [-0.3, -0.25) is 9.59 Å². The van der Waals surface area contributed by atoms with Gasteiger partial charge in [-0.15, -0.1) is 0 Å². The van der Waals surface area contributed by atoms with E-state index in [9.17, 15) is 19.5 Å². The minimum atomic E-state index is -1.46. The van der Waals surface area contributed by atoms with Gasteiger partial charge in [0.1, 0.15) is 5.56 Å². The number of esters is 1. The van der Waals surface area contributed by atoms with Crippen molar-refractivity contribution >= 4 is 11.9 Å². The minimum Gasteiger partial charge on any atom is -0.467 e. The summed E-state index contributed by atoms with van der Waals surface area (Å²) in [5.41, 5.74) is 0.111. The van der Waals surface area contributed by atoms with Crippen LogP contribution >= 0.6 is 0 Å². The average molecular weight is 254 g/mol. The van der Waals surface area contributed by atoms with Gasteiger partial charge in [-0.1, -0.05) is 0 Å². The molecule has 1 aromatic heterocycles. The van der Waals surface area contributed by atoms with Crippen LogP contribution < -0.4 is 10.7 Å². The number of H-pyrrole nitrogens is 1. The highest BCUT2D eigenvalue weighted by atomic mass is 16.5. The molecule has 1 atom stereocenters. The highest BCUT2D eigenvalue weighted by molar-refractivity contribution is 5.94. The van der Waals surface area contributed by atoms with Crippen molar-refractivity contribution in [3.8, 4) is 0 Å². The number of methoxy groups -OCH3 is 1. The molecule has 0 aliphatic heterocycles. The van der Waals surface area contributed by atoms with Crippen molar-refractivity contribution in [2.45, 2.75) is 13.0 Å². The van der Waals surface area contributed by atoms with Gasteiger partial charge in [0.05, 0.1) is 13.7 Å². The largest absolute Gasteiger partial charge is 0.467 e. The summed E-state index contributed by atoms with van der Waals surface area (Å²) in [6.07, 6.45) is -0.180. The first-order valence-corrected chi connectivity index (χ1v) is 5.19. The predicted octanol–water partition coefficient (Wildman–Crippen LogP) is -1.05. The van der Waals surface area contributed by atoms with Crippen LogP contribution in [0.25, 0.3) is 0 Å². The van der Waals surface area contributed by atoms with Crippen molar-refractivity contribution in [2.75, 3.05) is 13.7 Å². The van der Waals surface area contributed by atoms with E-state index in [0.29, 0.717) is 5.69 Å². The highest BCUT2D eigenvalue weighted by Gasteiger charge is 2.17. The molecule has 0 aliphatic rings. The second-order valence-electron chi connectivity index (χ2n) is 3.64. The summed E-state index contributed by atoms with van der Waals surface area (Å²) in [4.78, 5) is 36.7. The first-order valence-electron chi connectivity index (χ1n) is 5.19. The number of ether oxygens (including phenoxy) is 1. The molecular weight excluding hydrogens is 240 g/mol. The van der Waals surface area contributed by atoms with Crippen LogP contribution in [0.2, 0.25) is 0 Å². The van der Waals surface area contributed by atoms with Crippen LogP contribution in [-0.4, -0.2) is 41.7 Å². The fraction of sp³-hybridized carbons (Fsp3) is 0.364. The number of amides is 1. The molecule has 7 heteroatoms. The zero-order valence-electron chi connectivity index (χ0n) is 10.0. The minimum absolute atomic E-state index is 0.0855. The van der Waals surface area contributed by atoms with Gasteiger partial charge in [-0.2, -0.15) is 0 Å². The summed E-state index contributed by atoms with van der Waals surface area (Å²) in [7, 11) is 1.12. The monoisotopic (exact) mass is 254 g/mol. The number of pyridine rings is 1. The van der Waals surface area contributed by atoms with Crippen LogP contribution in [-0.2, 0) is 9.53 Å². The molecule has 0 saturated heterocycles. The Hall–Kier alpha value is -2.15. The van der Waals surface area contributed by atoms with E-state index < -0.39 is 23.4 Å². The summed E-state index contributed by atoms with van der Waals surface area (Å²) in [5.74, 6) is -1.52. The number of aromatic amines is 1. The summed E-state index contributed by atoms with van der Waals surface area (Å²) in [6, 6.07) is 1.28. The third-order valence-corrected chi connectivity index (χ3v) is 2.23. The lowest BCUT2D eigenvalue weighted by Gasteiger charge is -2.09. The van der Waals surface area contributed by atoms with Gasteiger partial charge < -0.3 is 20.1 Å². The molecule has 0 spiro atoms. The Morgan fingerprint density at radius 2 is 2.22 bits per heavy atom. The normalized spacial score (nSPS) is 11.7. The number of nitrogens with one attached hydrogen (secondary N) is 2. The summed E-state index contributed by atoms with van der Waals surface area (Å²) in [6.45, 7) is 1.36. The van der Waals surface area contributed by atoms with Crippen molar-refractivity contribution in [2.24, 2.45) is 0 Å². The SMILES string of the molecule is COC(=O)C(O)CNC(=O)c1c[nH]c(C)cc1=O. The number of aromatic nitrogens is 1. The van der Waals surface area contributed by atoms with Gasteiger partial charge in [0.15, 0.2) is 11.5 Å². The molecule has 1 aromatic rings. The first-order chi connectivity index (χ1) is 8.45. The molecule has 1 rings (SSSR count). The maximum atomic E-state index is 11.6. The maximum Gasteiger partial charge on any atom is 0.336 e. The number of hydrogen-bond acceptors (Lipinski definition) is 5. The Kier molecular flexibility index (Phi) is 4.61. The second-order valence-corrected chi connectivity index (χ2v) is 3.64. The maximum absolute atomic E-state index is 11.6. The van der Waals surface area contributed by atoms with Gasteiger partial charge >= 0.3 is 5.97 Å². The molecule has 1 amide bonds. The Labute approximate surface area is 103 Å². The number of carbonyl (C=O) groups is 2. The third kappa shape index (κ3) is 3.42. The van der Waals surface area contributed by atoms with E-state index in [-0.39, 0.29) is 12.1 Å². The van der Waals surface area contributed by atoms with Crippen molar-refractivity contribution in [1.82, 2.24) is 10.3 Å². The van der Waals surface area contributed by atoms with Crippen LogP contribution in [0.5, 0.6) is 0 Å². The van der Waals surface area contributed by atoms with Crippen LogP contribution in [0.4, 0.5) is 0 Å². The van der Waals surface area contributed by atoms with Crippen molar-refractivity contribution in [1.29, 1.82) is 0 Å². The summed E-state index contributed by atoms with van der Waals surface area (Å²) >= 11 is 0.